The van der Waals surface area contributed by atoms with Crippen LogP contribution in [0, 0.1) is 5.92 Å². The molecular weight excluding hydrogens is 274 g/mol. The molecule has 0 aromatic heterocycles. The minimum absolute atomic E-state index is 0.120. The molecule has 2 aliphatic heterocycles. The number of carbonyl (C=O) groups excluding carboxylic acids is 3. The van der Waals surface area contributed by atoms with Crippen molar-refractivity contribution in [2.24, 2.45) is 5.92 Å². The summed E-state index contributed by atoms with van der Waals surface area (Å²) in [6, 6.07) is -0.475. The quantitative estimate of drug-likeness (QED) is 0.713. The Morgan fingerprint density at radius 2 is 2.05 bits per heavy atom. The molecule has 2 atom stereocenters. The molecule has 2 heterocycles. The molecule has 118 valence electrons. The number of hydrogen-bond acceptors (Lipinski definition) is 4. The van der Waals surface area contributed by atoms with Crippen LogP contribution in [0.15, 0.2) is 0 Å². The second-order valence-corrected chi connectivity index (χ2v) is 6.88. The molecule has 0 unspecified atom stereocenters. The van der Waals surface area contributed by atoms with Gasteiger partial charge in [0.05, 0.1) is 0 Å². The summed E-state index contributed by atoms with van der Waals surface area (Å²) in [5.41, 5.74) is -1.51. The first kappa shape index (κ1) is 15.6. The monoisotopic (exact) mass is 297 g/mol. The number of hydrogen-bond donors (Lipinski definition) is 2. The van der Waals surface area contributed by atoms with E-state index in [4.69, 9.17) is 4.74 Å². The molecule has 21 heavy (non-hydrogen) atoms. The van der Waals surface area contributed by atoms with Gasteiger partial charge in [-0.25, -0.2) is 9.59 Å². The Bertz CT molecular complexity index is 471. The second kappa shape index (κ2) is 5.20. The number of urea groups is 1. The van der Waals surface area contributed by atoms with E-state index in [1.165, 1.54) is 0 Å². The maximum atomic E-state index is 12.1. The number of likely N-dealkylation sites (tertiary alicyclic amines) is 1. The number of ether oxygens (including phenoxy) is 1. The molecule has 7 nitrogen and oxygen atoms in total. The van der Waals surface area contributed by atoms with E-state index in [1.54, 1.807) is 11.8 Å². The van der Waals surface area contributed by atoms with Crippen LogP contribution in [0.25, 0.3) is 0 Å². The standard InChI is InChI=1S/C14H23N3O4/c1-13(2,3)21-12(20)17-7-5-6-9(8-17)14(4)10(18)15-11(19)16-14/h9H,5-8H2,1-4H3,(H2,15,16,18,19)/t9-,14-/m0/s1. The summed E-state index contributed by atoms with van der Waals surface area (Å²) in [5.74, 6) is -0.450. The zero-order valence-electron chi connectivity index (χ0n) is 13.0. The molecule has 0 spiro atoms. The van der Waals surface area contributed by atoms with Crippen molar-refractivity contribution in [3.8, 4) is 0 Å². The van der Waals surface area contributed by atoms with Gasteiger partial charge in [0.1, 0.15) is 11.1 Å². The smallest absolute Gasteiger partial charge is 0.410 e. The third-order valence-electron chi connectivity index (χ3n) is 3.96. The van der Waals surface area contributed by atoms with Gasteiger partial charge in [-0.2, -0.15) is 0 Å². The summed E-state index contributed by atoms with van der Waals surface area (Å²) in [7, 11) is 0. The van der Waals surface area contributed by atoms with Gasteiger partial charge in [0, 0.05) is 19.0 Å². The fourth-order valence-corrected chi connectivity index (χ4v) is 2.78. The largest absolute Gasteiger partial charge is 0.444 e. The van der Waals surface area contributed by atoms with E-state index in [1.807, 2.05) is 20.8 Å². The summed E-state index contributed by atoms with van der Waals surface area (Å²) in [6.45, 7) is 8.17. The van der Waals surface area contributed by atoms with Crippen LogP contribution < -0.4 is 10.6 Å². The van der Waals surface area contributed by atoms with Crippen LogP contribution in [-0.2, 0) is 9.53 Å². The topological polar surface area (TPSA) is 87.7 Å². The fourth-order valence-electron chi connectivity index (χ4n) is 2.78. The lowest BCUT2D eigenvalue weighted by Crippen LogP contribution is -2.56. The summed E-state index contributed by atoms with van der Waals surface area (Å²) in [5, 5.41) is 4.94. The van der Waals surface area contributed by atoms with Crippen LogP contribution in [0.3, 0.4) is 0 Å². The Kier molecular flexibility index (Phi) is 3.86. The van der Waals surface area contributed by atoms with Crippen molar-refractivity contribution in [2.75, 3.05) is 13.1 Å². The van der Waals surface area contributed by atoms with Gasteiger partial charge in [0.2, 0.25) is 0 Å². The van der Waals surface area contributed by atoms with Crippen molar-refractivity contribution >= 4 is 18.0 Å². The number of amides is 4. The predicted octanol–water partition coefficient (Wildman–Crippen LogP) is 1.23. The maximum absolute atomic E-state index is 12.1. The first-order valence-electron chi connectivity index (χ1n) is 7.23. The lowest BCUT2D eigenvalue weighted by Gasteiger charge is -2.39. The molecule has 0 bridgehead atoms. The van der Waals surface area contributed by atoms with Gasteiger partial charge < -0.3 is 15.0 Å². The van der Waals surface area contributed by atoms with E-state index >= 15 is 0 Å². The molecule has 2 rings (SSSR count). The Hall–Kier alpha value is -1.79. The maximum Gasteiger partial charge on any atom is 0.410 e. The highest BCUT2D eigenvalue weighted by atomic mass is 16.6. The van der Waals surface area contributed by atoms with Crippen molar-refractivity contribution in [2.45, 2.75) is 51.7 Å². The van der Waals surface area contributed by atoms with Crippen LogP contribution in [0.2, 0.25) is 0 Å². The molecule has 2 fully saturated rings. The van der Waals surface area contributed by atoms with Gasteiger partial charge >= 0.3 is 12.1 Å². The van der Waals surface area contributed by atoms with Crippen LogP contribution >= 0.6 is 0 Å². The molecular formula is C14H23N3O4. The normalized spacial score (nSPS) is 29.9. The SMILES string of the molecule is CC(C)(C)OC(=O)N1CCC[C@H]([C@]2(C)NC(=O)NC2=O)C1. The molecule has 2 saturated heterocycles. The minimum atomic E-state index is -0.961. The van der Waals surface area contributed by atoms with Crippen molar-refractivity contribution in [3.63, 3.8) is 0 Å². The van der Waals surface area contributed by atoms with Gasteiger partial charge in [0.15, 0.2) is 0 Å². The van der Waals surface area contributed by atoms with Crippen LogP contribution in [0.1, 0.15) is 40.5 Å². The molecule has 0 saturated carbocycles. The molecule has 2 N–H and O–H groups in total. The van der Waals surface area contributed by atoms with E-state index in [9.17, 15) is 14.4 Å². The van der Waals surface area contributed by atoms with Gasteiger partial charge in [-0.1, -0.05) is 0 Å². The Morgan fingerprint density at radius 1 is 1.38 bits per heavy atom. The fraction of sp³-hybridized carbons (Fsp3) is 0.786. The first-order valence-corrected chi connectivity index (χ1v) is 7.23. The van der Waals surface area contributed by atoms with Crippen LogP contribution in [0.4, 0.5) is 9.59 Å². The van der Waals surface area contributed by atoms with E-state index < -0.39 is 17.2 Å². The molecule has 7 heteroatoms. The first-order chi connectivity index (χ1) is 9.62. The molecule has 0 aromatic carbocycles. The highest BCUT2D eigenvalue weighted by Crippen LogP contribution is 2.30. The third kappa shape index (κ3) is 3.28. The van der Waals surface area contributed by atoms with Crippen molar-refractivity contribution < 1.29 is 19.1 Å². The zero-order chi connectivity index (χ0) is 15.8. The summed E-state index contributed by atoms with van der Waals surface area (Å²) in [4.78, 5) is 37.1. The van der Waals surface area contributed by atoms with Gasteiger partial charge in [-0.15, -0.1) is 0 Å². The average Bonchev–Trinajstić information content (AvgIpc) is 2.62. The minimum Gasteiger partial charge on any atom is -0.444 e. The van der Waals surface area contributed by atoms with E-state index in [0.717, 1.165) is 12.8 Å². The van der Waals surface area contributed by atoms with Crippen molar-refractivity contribution in [1.29, 1.82) is 0 Å². The second-order valence-electron chi connectivity index (χ2n) is 6.88. The van der Waals surface area contributed by atoms with Crippen molar-refractivity contribution in [1.82, 2.24) is 15.5 Å². The van der Waals surface area contributed by atoms with Crippen molar-refractivity contribution in [3.05, 3.63) is 0 Å². The molecule has 2 aliphatic rings. The molecule has 0 radical (unpaired) electrons. The highest BCUT2D eigenvalue weighted by molar-refractivity contribution is 6.07. The van der Waals surface area contributed by atoms with Crippen LogP contribution in [0.5, 0.6) is 0 Å². The van der Waals surface area contributed by atoms with E-state index in [2.05, 4.69) is 10.6 Å². The van der Waals surface area contributed by atoms with E-state index in [-0.39, 0.29) is 17.9 Å². The number of rotatable bonds is 1. The molecule has 0 aliphatic carbocycles. The molecule has 4 amide bonds. The third-order valence-corrected chi connectivity index (χ3v) is 3.96. The number of nitrogens with one attached hydrogen (secondary N) is 2. The van der Waals surface area contributed by atoms with Gasteiger partial charge in [0.25, 0.3) is 5.91 Å². The number of imide groups is 1. The highest BCUT2D eigenvalue weighted by Gasteiger charge is 2.49. The lowest BCUT2D eigenvalue weighted by molar-refractivity contribution is -0.126. The predicted molar refractivity (Wildman–Crippen MR) is 75.6 cm³/mol. The number of carbonyl (C=O) groups is 3. The zero-order valence-corrected chi connectivity index (χ0v) is 13.0. The van der Waals surface area contributed by atoms with Gasteiger partial charge in [-0.3, -0.25) is 10.1 Å². The lowest BCUT2D eigenvalue weighted by atomic mass is 9.80. The Morgan fingerprint density at radius 3 is 2.57 bits per heavy atom. The summed E-state index contributed by atoms with van der Waals surface area (Å²) >= 11 is 0. The van der Waals surface area contributed by atoms with E-state index in [0.29, 0.717) is 13.1 Å². The number of piperidine rings is 1. The van der Waals surface area contributed by atoms with Gasteiger partial charge in [-0.05, 0) is 40.5 Å². The molecule has 0 aromatic rings. The average molecular weight is 297 g/mol. The summed E-state index contributed by atoms with van der Waals surface area (Å²) < 4.78 is 5.37. The number of nitrogens with zero attached hydrogens (tertiary/aromatic N) is 1. The summed E-state index contributed by atoms with van der Waals surface area (Å²) in [6.07, 6.45) is 1.19. The Balaban J connectivity index is 2.06. The Labute approximate surface area is 124 Å². The van der Waals surface area contributed by atoms with Crippen LogP contribution in [-0.4, -0.2) is 47.2 Å².